The molecule has 21 heavy (non-hydrogen) atoms. The number of ether oxygens (including phenoxy) is 1. The maximum absolute atomic E-state index is 11.2. The monoisotopic (exact) mass is 348 g/mol. The molecule has 2 aromatic carbocycles. The lowest BCUT2D eigenvalue weighted by Gasteiger charge is -2.19. The summed E-state index contributed by atoms with van der Waals surface area (Å²) in [6, 6.07) is 15.6. The second kappa shape index (κ2) is 6.76. The third-order valence-corrected chi connectivity index (χ3v) is 3.76. The molecule has 1 N–H and O–H groups in total. The topological polar surface area (TPSA) is 46.5 Å². The van der Waals surface area contributed by atoms with Crippen LogP contribution in [0.15, 0.2) is 53.0 Å². The molecule has 0 aliphatic rings. The number of carboxylic acids is 1. The maximum Gasteiger partial charge on any atom is 0.345 e. The summed E-state index contributed by atoms with van der Waals surface area (Å²) in [6.07, 6.45) is -0.858. The van der Waals surface area contributed by atoms with E-state index in [4.69, 9.17) is 4.74 Å². The lowest BCUT2D eigenvalue weighted by Crippen LogP contribution is -2.32. The zero-order valence-electron chi connectivity index (χ0n) is 11.9. The highest BCUT2D eigenvalue weighted by Crippen LogP contribution is 2.32. The molecule has 1 atom stereocenters. The smallest absolute Gasteiger partial charge is 0.345 e. The molecule has 0 amide bonds. The van der Waals surface area contributed by atoms with Gasteiger partial charge < -0.3 is 9.84 Å². The molecule has 0 fully saturated rings. The minimum absolute atomic E-state index is 0.108. The molecule has 4 heteroatoms. The molecule has 1 unspecified atom stereocenters. The van der Waals surface area contributed by atoms with Crippen LogP contribution in [0.2, 0.25) is 0 Å². The van der Waals surface area contributed by atoms with Gasteiger partial charge in [0.2, 0.25) is 0 Å². The minimum atomic E-state index is -0.955. The van der Waals surface area contributed by atoms with Crippen molar-refractivity contribution in [3.05, 3.63) is 53.0 Å². The van der Waals surface area contributed by atoms with Crippen LogP contribution in [-0.2, 0) is 4.79 Å². The van der Waals surface area contributed by atoms with Gasteiger partial charge in [-0.25, -0.2) is 4.79 Å². The van der Waals surface area contributed by atoms with Crippen LogP contribution in [0.25, 0.3) is 11.1 Å². The van der Waals surface area contributed by atoms with E-state index in [1.807, 2.05) is 56.3 Å². The minimum Gasteiger partial charge on any atom is -0.478 e. The van der Waals surface area contributed by atoms with Gasteiger partial charge in [0.1, 0.15) is 5.75 Å². The molecule has 3 nitrogen and oxygen atoms in total. The van der Waals surface area contributed by atoms with Gasteiger partial charge >= 0.3 is 5.97 Å². The molecule has 0 radical (unpaired) electrons. The third-order valence-electron chi connectivity index (χ3n) is 3.14. The highest BCUT2D eigenvalue weighted by Gasteiger charge is 2.24. The molecule has 0 aromatic heterocycles. The first kappa shape index (κ1) is 15.6. The van der Waals surface area contributed by atoms with Crippen molar-refractivity contribution >= 4 is 21.9 Å². The summed E-state index contributed by atoms with van der Waals surface area (Å²) in [7, 11) is 0. The standard InChI is InChI=1S/C17H17BrO3/c1-11(2)16(17(19)20)21-15-9-8-13(10-14(15)18)12-6-4-3-5-7-12/h3-11,16H,1-2H3,(H,19,20). The second-order valence-electron chi connectivity index (χ2n) is 5.13. The van der Waals surface area contributed by atoms with E-state index in [-0.39, 0.29) is 5.92 Å². The average Bonchev–Trinajstić information content (AvgIpc) is 2.46. The third kappa shape index (κ3) is 3.85. The summed E-state index contributed by atoms with van der Waals surface area (Å²) < 4.78 is 6.36. The summed E-state index contributed by atoms with van der Waals surface area (Å²) >= 11 is 3.45. The van der Waals surface area contributed by atoms with Crippen molar-refractivity contribution in [1.29, 1.82) is 0 Å². The van der Waals surface area contributed by atoms with E-state index < -0.39 is 12.1 Å². The van der Waals surface area contributed by atoms with Gasteiger partial charge in [-0.15, -0.1) is 0 Å². The normalized spacial score (nSPS) is 12.2. The summed E-state index contributed by atoms with van der Waals surface area (Å²) in [6.45, 7) is 3.65. The quantitative estimate of drug-likeness (QED) is 0.858. The van der Waals surface area contributed by atoms with E-state index in [0.717, 1.165) is 15.6 Å². The van der Waals surface area contributed by atoms with Crippen LogP contribution in [0, 0.1) is 5.92 Å². The Labute approximate surface area is 132 Å². The Hall–Kier alpha value is -1.81. The van der Waals surface area contributed by atoms with Gasteiger partial charge in [0.15, 0.2) is 6.10 Å². The van der Waals surface area contributed by atoms with Crippen LogP contribution < -0.4 is 4.74 Å². The Bertz CT molecular complexity index is 623. The first-order chi connectivity index (χ1) is 9.99. The highest BCUT2D eigenvalue weighted by molar-refractivity contribution is 9.10. The highest BCUT2D eigenvalue weighted by atomic mass is 79.9. The van der Waals surface area contributed by atoms with Crippen molar-refractivity contribution in [2.75, 3.05) is 0 Å². The Balaban J connectivity index is 2.26. The molecule has 2 rings (SSSR count). The molecule has 0 bridgehead atoms. The number of carbonyl (C=O) groups is 1. The first-order valence-electron chi connectivity index (χ1n) is 6.73. The summed E-state index contributed by atoms with van der Waals surface area (Å²) in [5, 5.41) is 9.19. The fraction of sp³-hybridized carbons (Fsp3) is 0.235. The van der Waals surface area contributed by atoms with Gasteiger partial charge in [-0.05, 0) is 39.2 Å². The Morgan fingerprint density at radius 2 is 1.76 bits per heavy atom. The number of hydrogen-bond acceptors (Lipinski definition) is 2. The van der Waals surface area contributed by atoms with Crippen molar-refractivity contribution in [1.82, 2.24) is 0 Å². The van der Waals surface area contributed by atoms with E-state index in [2.05, 4.69) is 15.9 Å². The van der Waals surface area contributed by atoms with Crippen LogP contribution in [0.4, 0.5) is 0 Å². The maximum atomic E-state index is 11.2. The Morgan fingerprint density at radius 1 is 1.10 bits per heavy atom. The Kier molecular flexibility index (Phi) is 5.02. The lowest BCUT2D eigenvalue weighted by atomic mass is 10.1. The molecular weight excluding hydrogens is 332 g/mol. The molecule has 0 aliphatic heterocycles. The molecule has 0 saturated heterocycles. The fourth-order valence-electron chi connectivity index (χ4n) is 2.02. The van der Waals surface area contributed by atoms with Crippen LogP contribution in [0.1, 0.15) is 13.8 Å². The van der Waals surface area contributed by atoms with E-state index in [1.54, 1.807) is 6.07 Å². The van der Waals surface area contributed by atoms with Gasteiger partial charge in [0.25, 0.3) is 0 Å². The molecular formula is C17H17BrO3. The van der Waals surface area contributed by atoms with E-state index in [0.29, 0.717) is 5.75 Å². The van der Waals surface area contributed by atoms with Gasteiger partial charge in [-0.1, -0.05) is 50.2 Å². The van der Waals surface area contributed by atoms with Crippen LogP contribution in [0.3, 0.4) is 0 Å². The number of hydrogen-bond donors (Lipinski definition) is 1. The molecule has 0 heterocycles. The average molecular weight is 349 g/mol. The van der Waals surface area contributed by atoms with Crippen LogP contribution >= 0.6 is 15.9 Å². The van der Waals surface area contributed by atoms with Crippen molar-refractivity contribution in [2.24, 2.45) is 5.92 Å². The predicted octanol–water partition coefficient (Wildman–Crippen LogP) is 4.60. The van der Waals surface area contributed by atoms with E-state index >= 15 is 0 Å². The van der Waals surface area contributed by atoms with Crippen LogP contribution in [0.5, 0.6) is 5.75 Å². The zero-order chi connectivity index (χ0) is 15.4. The van der Waals surface area contributed by atoms with Gasteiger partial charge in [0.05, 0.1) is 4.47 Å². The summed E-state index contributed by atoms with van der Waals surface area (Å²) in [5.74, 6) is -0.525. The van der Waals surface area contributed by atoms with Crippen molar-refractivity contribution in [2.45, 2.75) is 20.0 Å². The van der Waals surface area contributed by atoms with Crippen molar-refractivity contribution in [3.8, 4) is 16.9 Å². The van der Waals surface area contributed by atoms with Crippen molar-refractivity contribution < 1.29 is 14.6 Å². The molecule has 0 aliphatic carbocycles. The first-order valence-corrected chi connectivity index (χ1v) is 7.52. The number of benzene rings is 2. The SMILES string of the molecule is CC(C)C(Oc1ccc(-c2ccccc2)cc1Br)C(=O)O. The van der Waals surface area contributed by atoms with Crippen LogP contribution in [-0.4, -0.2) is 17.2 Å². The van der Waals surface area contributed by atoms with Gasteiger partial charge in [0, 0.05) is 5.92 Å². The predicted molar refractivity (Wildman–Crippen MR) is 86.5 cm³/mol. The summed E-state index contributed by atoms with van der Waals surface area (Å²) in [4.78, 5) is 11.2. The number of halogens is 1. The van der Waals surface area contributed by atoms with Gasteiger partial charge in [-0.3, -0.25) is 0 Å². The van der Waals surface area contributed by atoms with Crippen molar-refractivity contribution in [3.63, 3.8) is 0 Å². The molecule has 110 valence electrons. The number of carboxylic acid groups (broad SMARTS) is 1. The number of rotatable bonds is 5. The van der Waals surface area contributed by atoms with E-state index in [1.165, 1.54) is 0 Å². The molecule has 0 saturated carbocycles. The summed E-state index contributed by atoms with van der Waals surface area (Å²) in [5.41, 5.74) is 2.15. The largest absolute Gasteiger partial charge is 0.478 e. The fourth-order valence-corrected chi connectivity index (χ4v) is 2.49. The molecule has 2 aromatic rings. The zero-order valence-corrected chi connectivity index (χ0v) is 13.5. The Morgan fingerprint density at radius 3 is 2.29 bits per heavy atom. The lowest BCUT2D eigenvalue weighted by molar-refractivity contribution is -0.147. The van der Waals surface area contributed by atoms with E-state index in [9.17, 15) is 9.90 Å². The van der Waals surface area contributed by atoms with Gasteiger partial charge in [-0.2, -0.15) is 0 Å². The second-order valence-corrected chi connectivity index (χ2v) is 5.99. The molecule has 0 spiro atoms. The number of aliphatic carboxylic acids is 1.